The highest BCUT2D eigenvalue weighted by atomic mass is 32.2. The number of benzene rings is 3. The fourth-order valence-corrected chi connectivity index (χ4v) is 3.38. The van der Waals surface area contributed by atoms with Gasteiger partial charge in [0.2, 0.25) is 0 Å². The van der Waals surface area contributed by atoms with Gasteiger partial charge in [0, 0.05) is 16.2 Å². The van der Waals surface area contributed by atoms with E-state index in [2.05, 4.69) is 29.2 Å². The SMILES string of the molecule is C=CCOc1cccc(/C=N\NC(=O)c2ccc(CSc3ccccc3)cc2)c1. The van der Waals surface area contributed by atoms with Crippen LogP contribution in [0.1, 0.15) is 21.5 Å². The smallest absolute Gasteiger partial charge is 0.271 e. The van der Waals surface area contributed by atoms with E-state index in [0.717, 1.165) is 22.6 Å². The highest BCUT2D eigenvalue weighted by Gasteiger charge is 2.04. The van der Waals surface area contributed by atoms with Crippen molar-refractivity contribution in [1.29, 1.82) is 0 Å². The lowest BCUT2D eigenvalue weighted by Gasteiger charge is -2.05. The van der Waals surface area contributed by atoms with Crippen molar-refractivity contribution < 1.29 is 9.53 Å². The van der Waals surface area contributed by atoms with Gasteiger partial charge in [0.25, 0.3) is 5.91 Å². The predicted molar refractivity (Wildman–Crippen MR) is 120 cm³/mol. The molecule has 29 heavy (non-hydrogen) atoms. The molecule has 0 heterocycles. The Morgan fingerprint density at radius 1 is 1.03 bits per heavy atom. The first-order chi connectivity index (χ1) is 14.2. The second kappa shape index (κ2) is 10.9. The summed E-state index contributed by atoms with van der Waals surface area (Å²) >= 11 is 1.77. The highest BCUT2D eigenvalue weighted by molar-refractivity contribution is 7.98. The maximum absolute atomic E-state index is 12.3. The Morgan fingerprint density at radius 3 is 2.59 bits per heavy atom. The first-order valence-electron chi connectivity index (χ1n) is 9.18. The number of nitrogens with one attached hydrogen (secondary N) is 1. The number of hydrogen-bond acceptors (Lipinski definition) is 4. The zero-order valence-electron chi connectivity index (χ0n) is 16.0. The molecular weight excluding hydrogens is 380 g/mol. The zero-order chi connectivity index (χ0) is 20.3. The summed E-state index contributed by atoms with van der Waals surface area (Å²) in [6, 6.07) is 25.3. The molecule has 0 saturated heterocycles. The average Bonchev–Trinajstić information content (AvgIpc) is 2.77. The molecule has 0 fully saturated rings. The second-order valence-corrected chi connectivity index (χ2v) is 7.22. The second-order valence-electron chi connectivity index (χ2n) is 6.17. The Morgan fingerprint density at radius 2 is 1.83 bits per heavy atom. The van der Waals surface area contributed by atoms with Crippen LogP contribution in [-0.2, 0) is 5.75 Å². The van der Waals surface area contributed by atoms with E-state index in [-0.39, 0.29) is 5.91 Å². The Hall–Kier alpha value is -3.31. The number of ether oxygens (including phenoxy) is 1. The molecule has 0 radical (unpaired) electrons. The fourth-order valence-electron chi connectivity index (χ4n) is 2.51. The third-order valence-electron chi connectivity index (χ3n) is 3.97. The molecule has 0 aliphatic rings. The molecule has 1 amide bonds. The topological polar surface area (TPSA) is 50.7 Å². The van der Waals surface area contributed by atoms with Crippen molar-refractivity contribution in [3.63, 3.8) is 0 Å². The molecule has 3 rings (SSSR count). The number of hydrogen-bond donors (Lipinski definition) is 1. The lowest BCUT2D eigenvalue weighted by molar-refractivity contribution is 0.0955. The van der Waals surface area contributed by atoms with Crippen LogP contribution in [0.3, 0.4) is 0 Å². The van der Waals surface area contributed by atoms with Crippen LogP contribution >= 0.6 is 11.8 Å². The standard InChI is InChI=1S/C24H22N2O2S/c1-2-15-28-22-8-6-7-20(16-22)17-25-26-24(27)21-13-11-19(12-14-21)18-29-23-9-4-3-5-10-23/h2-14,16-17H,1,15,18H2,(H,26,27)/b25-17-. The lowest BCUT2D eigenvalue weighted by atomic mass is 10.1. The van der Waals surface area contributed by atoms with Gasteiger partial charge < -0.3 is 4.74 Å². The summed E-state index contributed by atoms with van der Waals surface area (Å²) in [6.07, 6.45) is 3.27. The van der Waals surface area contributed by atoms with E-state index in [0.29, 0.717) is 12.2 Å². The van der Waals surface area contributed by atoms with Crippen molar-refractivity contribution in [3.05, 3.63) is 108 Å². The molecule has 0 bridgehead atoms. The Bertz CT molecular complexity index is 970. The molecule has 4 nitrogen and oxygen atoms in total. The number of hydrazone groups is 1. The maximum atomic E-state index is 12.3. The third kappa shape index (κ3) is 6.66. The van der Waals surface area contributed by atoms with Crippen LogP contribution in [0.15, 0.2) is 102 Å². The summed E-state index contributed by atoms with van der Waals surface area (Å²) in [5, 5.41) is 4.03. The first-order valence-corrected chi connectivity index (χ1v) is 10.2. The summed E-state index contributed by atoms with van der Waals surface area (Å²) in [4.78, 5) is 13.5. The molecular formula is C24H22N2O2S. The van der Waals surface area contributed by atoms with E-state index < -0.39 is 0 Å². The van der Waals surface area contributed by atoms with Crippen LogP contribution in [0.2, 0.25) is 0 Å². The molecule has 0 aliphatic heterocycles. The lowest BCUT2D eigenvalue weighted by Crippen LogP contribution is -2.17. The van der Waals surface area contributed by atoms with Gasteiger partial charge in [0.05, 0.1) is 6.21 Å². The summed E-state index contributed by atoms with van der Waals surface area (Å²) < 4.78 is 5.48. The molecule has 5 heteroatoms. The van der Waals surface area contributed by atoms with Crippen LogP contribution < -0.4 is 10.2 Å². The minimum atomic E-state index is -0.248. The molecule has 0 spiro atoms. The predicted octanol–water partition coefficient (Wildman–Crippen LogP) is 5.31. The minimum absolute atomic E-state index is 0.248. The van der Waals surface area contributed by atoms with Crippen molar-refractivity contribution in [2.24, 2.45) is 5.10 Å². The third-order valence-corrected chi connectivity index (χ3v) is 5.05. The molecule has 0 aliphatic carbocycles. The monoisotopic (exact) mass is 402 g/mol. The van der Waals surface area contributed by atoms with E-state index >= 15 is 0 Å². The molecule has 3 aromatic carbocycles. The zero-order valence-corrected chi connectivity index (χ0v) is 16.8. The number of nitrogens with zero attached hydrogens (tertiary/aromatic N) is 1. The van der Waals surface area contributed by atoms with Gasteiger partial charge >= 0.3 is 0 Å². The summed E-state index contributed by atoms with van der Waals surface area (Å²) in [6.45, 7) is 4.07. The van der Waals surface area contributed by atoms with Crippen molar-refractivity contribution in [1.82, 2.24) is 5.43 Å². The number of thioether (sulfide) groups is 1. The van der Waals surface area contributed by atoms with Crippen LogP contribution in [0.25, 0.3) is 0 Å². The molecule has 3 aromatic rings. The van der Waals surface area contributed by atoms with Gasteiger partial charge in [-0.1, -0.05) is 55.1 Å². The fraction of sp³-hybridized carbons (Fsp3) is 0.0833. The normalized spacial score (nSPS) is 10.6. The minimum Gasteiger partial charge on any atom is -0.490 e. The molecule has 0 aromatic heterocycles. The van der Waals surface area contributed by atoms with Crippen molar-refractivity contribution in [2.75, 3.05) is 6.61 Å². The molecule has 1 N–H and O–H groups in total. The first kappa shape index (κ1) is 20.4. The van der Waals surface area contributed by atoms with Crippen molar-refractivity contribution >= 4 is 23.9 Å². The van der Waals surface area contributed by atoms with Crippen LogP contribution in [0.4, 0.5) is 0 Å². The van der Waals surface area contributed by atoms with Crippen LogP contribution in [-0.4, -0.2) is 18.7 Å². The Balaban J connectivity index is 1.51. The van der Waals surface area contributed by atoms with E-state index in [1.165, 1.54) is 4.90 Å². The van der Waals surface area contributed by atoms with Crippen molar-refractivity contribution in [3.8, 4) is 5.75 Å². The van der Waals surface area contributed by atoms with Gasteiger partial charge in [-0.15, -0.1) is 11.8 Å². The van der Waals surface area contributed by atoms with Gasteiger partial charge in [-0.25, -0.2) is 5.43 Å². The largest absolute Gasteiger partial charge is 0.490 e. The molecule has 146 valence electrons. The Kier molecular flexibility index (Phi) is 7.66. The Labute approximate surface area is 175 Å². The maximum Gasteiger partial charge on any atom is 0.271 e. The number of carbonyl (C=O) groups excluding carboxylic acids is 1. The van der Waals surface area contributed by atoms with Crippen LogP contribution in [0.5, 0.6) is 5.75 Å². The summed E-state index contributed by atoms with van der Waals surface area (Å²) in [5.41, 5.74) is 5.12. The highest BCUT2D eigenvalue weighted by Crippen LogP contribution is 2.22. The molecule has 0 saturated carbocycles. The van der Waals surface area contributed by atoms with E-state index in [9.17, 15) is 4.79 Å². The van der Waals surface area contributed by atoms with Gasteiger partial charge in [-0.05, 0) is 47.5 Å². The van der Waals surface area contributed by atoms with Crippen molar-refractivity contribution in [2.45, 2.75) is 10.6 Å². The quantitative estimate of drug-likeness (QED) is 0.228. The molecule has 0 atom stereocenters. The number of rotatable bonds is 9. The summed E-state index contributed by atoms with van der Waals surface area (Å²) in [7, 11) is 0. The van der Waals surface area contributed by atoms with Gasteiger partial charge in [0.15, 0.2) is 0 Å². The summed E-state index contributed by atoms with van der Waals surface area (Å²) in [5.74, 6) is 1.33. The van der Waals surface area contributed by atoms with Gasteiger partial charge in [-0.2, -0.15) is 5.10 Å². The van der Waals surface area contributed by atoms with Gasteiger partial charge in [-0.3, -0.25) is 4.79 Å². The number of carbonyl (C=O) groups is 1. The van der Waals surface area contributed by atoms with E-state index in [1.807, 2.05) is 66.7 Å². The van der Waals surface area contributed by atoms with E-state index in [1.54, 1.807) is 24.1 Å². The van der Waals surface area contributed by atoms with Crippen LogP contribution in [0, 0.1) is 0 Å². The average molecular weight is 403 g/mol. The van der Waals surface area contributed by atoms with E-state index in [4.69, 9.17) is 4.74 Å². The number of amides is 1. The van der Waals surface area contributed by atoms with Gasteiger partial charge in [0.1, 0.15) is 12.4 Å². The molecule has 0 unspecified atom stereocenters.